The standard InChI is InChI=1S/C18H25N3O3/c1-21-14-7-8-15(21)10-13(9-14)20-17(22)16(11-24-18(19)23)12-5-3-2-4-6-12/h2-6,13-16H,7-11H2,1H3,(H2,19,23)(H,20,22). The first-order chi connectivity index (χ1) is 11.5. The van der Waals surface area contributed by atoms with Crippen LogP contribution in [0.1, 0.15) is 37.2 Å². The number of nitrogens with two attached hydrogens (primary N) is 1. The molecule has 3 N–H and O–H groups in total. The van der Waals surface area contributed by atoms with Crippen molar-refractivity contribution >= 4 is 12.0 Å². The number of piperidine rings is 1. The van der Waals surface area contributed by atoms with E-state index in [4.69, 9.17) is 10.5 Å². The fourth-order valence-electron chi connectivity index (χ4n) is 4.01. The molecule has 1 aromatic carbocycles. The number of benzene rings is 1. The van der Waals surface area contributed by atoms with Crippen molar-refractivity contribution in [2.24, 2.45) is 5.73 Å². The van der Waals surface area contributed by atoms with Crippen molar-refractivity contribution in [2.45, 2.75) is 49.7 Å². The lowest BCUT2D eigenvalue weighted by atomic mass is 9.95. The maximum atomic E-state index is 12.8. The molecule has 3 unspecified atom stereocenters. The fourth-order valence-corrected chi connectivity index (χ4v) is 4.01. The Kier molecular flexibility index (Phi) is 5.04. The van der Waals surface area contributed by atoms with Crippen molar-refractivity contribution in [1.29, 1.82) is 0 Å². The minimum atomic E-state index is -0.860. The van der Waals surface area contributed by atoms with Crippen LogP contribution in [0.5, 0.6) is 0 Å². The molecule has 0 saturated carbocycles. The summed E-state index contributed by atoms with van der Waals surface area (Å²) < 4.78 is 4.91. The smallest absolute Gasteiger partial charge is 0.404 e. The van der Waals surface area contributed by atoms with Gasteiger partial charge in [-0.1, -0.05) is 30.3 Å². The monoisotopic (exact) mass is 331 g/mol. The van der Waals surface area contributed by atoms with Gasteiger partial charge in [0, 0.05) is 18.1 Å². The molecule has 2 aliphatic heterocycles. The molecule has 2 aliphatic rings. The van der Waals surface area contributed by atoms with Crippen LogP contribution in [0.4, 0.5) is 4.79 Å². The van der Waals surface area contributed by atoms with Crippen molar-refractivity contribution in [3.63, 3.8) is 0 Å². The van der Waals surface area contributed by atoms with Gasteiger partial charge in [-0.2, -0.15) is 0 Å². The SMILES string of the molecule is CN1C2CCC1CC(NC(=O)C(COC(N)=O)c1ccccc1)C2. The zero-order valence-corrected chi connectivity index (χ0v) is 14.0. The third-order valence-electron chi connectivity index (χ3n) is 5.36. The first kappa shape index (κ1) is 16.8. The summed E-state index contributed by atoms with van der Waals surface area (Å²) in [5.74, 6) is -0.632. The lowest BCUT2D eigenvalue weighted by Crippen LogP contribution is -2.50. The Labute approximate surface area is 142 Å². The van der Waals surface area contributed by atoms with Gasteiger partial charge in [-0.05, 0) is 38.3 Å². The second kappa shape index (κ2) is 7.21. The number of carbonyl (C=O) groups excluding carboxylic acids is 2. The number of primary amides is 1. The van der Waals surface area contributed by atoms with Gasteiger partial charge in [0.2, 0.25) is 5.91 Å². The van der Waals surface area contributed by atoms with Crippen LogP contribution in [0.3, 0.4) is 0 Å². The van der Waals surface area contributed by atoms with Crippen LogP contribution in [0, 0.1) is 0 Å². The number of ether oxygens (including phenoxy) is 1. The van der Waals surface area contributed by atoms with E-state index in [-0.39, 0.29) is 18.6 Å². The molecule has 3 rings (SSSR count). The second-order valence-electron chi connectivity index (χ2n) is 6.82. The molecule has 0 radical (unpaired) electrons. The van der Waals surface area contributed by atoms with E-state index in [1.165, 1.54) is 12.8 Å². The van der Waals surface area contributed by atoms with Gasteiger partial charge in [0.25, 0.3) is 0 Å². The zero-order valence-electron chi connectivity index (χ0n) is 14.0. The summed E-state index contributed by atoms with van der Waals surface area (Å²) in [6.07, 6.45) is 3.52. The number of hydrogen-bond acceptors (Lipinski definition) is 4. The third-order valence-corrected chi connectivity index (χ3v) is 5.36. The molecule has 130 valence electrons. The highest BCUT2D eigenvalue weighted by molar-refractivity contribution is 5.84. The molecule has 3 atom stereocenters. The quantitative estimate of drug-likeness (QED) is 0.858. The molecule has 24 heavy (non-hydrogen) atoms. The van der Waals surface area contributed by atoms with Gasteiger partial charge < -0.3 is 20.7 Å². The lowest BCUT2D eigenvalue weighted by Gasteiger charge is -2.37. The zero-order chi connectivity index (χ0) is 17.1. The van der Waals surface area contributed by atoms with Gasteiger partial charge >= 0.3 is 6.09 Å². The topological polar surface area (TPSA) is 84.7 Å². The van der Waals surface area contributed by atoms with Crippen molar-refractivity contribution in [1.82, 2.24) is 10.2 Å². The number of amides is 2. The summed E-state index contributed by atoms with van der Waals surface area (Å²) in [5.41, 5.74) is 5.89. The van der Waals surface area contributed by atoms with E-state index in [9.17, 15) is 9.59 Å². The van der Waals surface area contributed by atoms with Gasteiger partial charge in [0.15, 0.2) is 0 Å². The van der Waals surface area contributed by atoms with E-state index in [0.717, 1.165) is 18.4 Å². The van der Waals surface area contributed by atoms with Crippen LogP contribution < -0.4 is 11.1 Å². The predicted octanol–water partition coefficient (Wildman–Crippen LogP) is 1.61. The highest BCUT2D eigenvalue weighted by atomic mass is 16.5. The Balaban J connectivity index is 1.66. The average molecular weight is 331 g/mol. The Hall–Kier alpha value is -2.08. The summed E-state index contributed by atoms with van der Waals surface area (Å²) in [4.78, 5) is 26.2. The summed E-state index contributed by atoms with van der Waals surface area (Å²) in [6.45, 7) is -0.0370. The van der Waals surface area contributed by atoms with Crippen molar-refractivity contribution in [2.75, 3.05) is 13.7 Å². The van der Waals surface area contributed by atoms with Crippen LogP contribution in [0.15, 0.2) is 30.3 Å². The van der Waals surface area contributed by atoms with Gasteiger partial charge in [-0.15, -0.1) is 0 Å². The molecular weight excluding hydrogens is 306 g/mol. The fraction of sp³-hybridized carbons (Fsp3) is 0.556. The molecule has 2 bridgehead atoms. The molecule has 0 aromatic heterocycles. The first-order valence-corrected chi connectivity index (χ1v) is 8.54. The van der Waals surface area contributed by atoms with Crippen molar-refractivity contribution in [3.8, 4) is 0 Å². The van der Waals surface area contributed by atoms with Crippen LogP contribution in [-0.4, -0.2) is 48.7 Å². The molecule has 6 nitrogen and oxygen atoms in total. The lowest BCUT2D eigenvalue weighted by molar-refractivity contribution is -0.124. The van der Waals surface area contributed by atoms with Crippen molar-refractivity contribution < 1.29 is 14.3 Å². The Morgan fingerprint density at radius 2 is 1.88 bits per heavy atom. The molecule has 6 heteroatoms. The summed E-state index contributed by atoms with van der Waals surface area (Å²) in [7, 11) is 2.17. The van der Waals surface area contributed by atoms with Crippen LogP contribution in [0.2, 0.25) is 0 Å². The number of nitrogens with one attached hydrogen (secondary N) is 1. The molecule has 2 amide bonds. The molecule has 2 fully saturated rings. The first-order valence-electron chi connectivity index (χ1n) is 8.54. The van der Waals surface area contributed by atoms with Gasteiger partial charge in [-0.25, -0.2) is 4.79 Å². The van der Waals surface area contributed by atoms with Crippen LogP contribution >= 0.6 is 0 Å². The van der Waals surface area contributed by atoms with E-state index in [1.807, 2.05) is 30.3 Å². The Bertz CT molecular complexity index is 578. The van der Waals surface area contributed by atoms with Gasteiger partial charge in [-0.3, -0.25) is 4.79 Å². The molecule has 0 aliphatic carbocycles. The predicted molar refractivity (Wildman–Crippen MR) is 90.5 cm³/mol. The Morgan fingerprint density at radius 3 is 2.46 bits per heavy atom. The number of carbonyl (C=O) groups is 2. The minimum Gasteiger partial charge on any atom is -0.449 e. The number of hydrogen-bond donors (Lipinski definition) is 2. The maximum Gasteiger partial charge on any atom is 0.404 e. The van der Waals surface area contributed by atoms with Gasteiger partial charge in [0.1, 0.15) is 6.61 Å². The van der Waals surface area contributed by atoms with E-state index in [0.29, 0.717) is 12.1 Å². The van der Waals surface area contributed by atoms with E-state index >= 15 is 0 Å². The summed E-state index contributed by atoms with van der Waals surface area (Å²) in [5, 5.41) is 3.16. The number of rotatable bonds is 5. The second-order valence-corrected chi connectivity index (χ2v) is 6.82. The van der Waals surface area contributed by atoms with Crippen molar-refractivity contribution in [3.05, 3.63) is 35.9 Å². The molecule has 0 spiro atoms. The number of nitrogens with zero attached hydrogens (tertiary/aromatic N) is 1. The van der Waals surface area contributed by atoms with Crippen LogP contribution in [-0.2, 0) is 9.53 Å². The summed E-state index contributed by atoms with van der Waals surface area (Å²) in [6, 6.07) is 10.7. The highest BCUT2D eigenvalue weighted by Crippen LogP contribution is 2.34. The molecule has 2 heterocycles. The van der Waals surface area contributed by atoms with E-state index < -0.39 is 12.0 Å². The van der Waals surface area contributed by atoms with Gasteiger partial charge in [0.05, 0.1) is 5.92 Å². The van der Waals surface area contributed by atoms with E-state index in [2.05, 4.69) is 17.3 Å². The maximum absolute atomic E-state index is 12.8. The van der Waals surface area contributed by atoms with E-state index in [1.54, 1.807) is 0 Å². The largest absolute Gasteiger partial charge is 0.449 e. The minimum absolute atomic E-state index is 0.0370. The molecule has 2 saturated heterocycles. The molecule has 1 aromatic rings. The molecular formula is C18H25N3O3. The average Bonchev–Trinajstić information content (AvgIpc) is 2.77. The number of fused-ring (bicyclic) bond motifs is 2. The highest BCUT2D eigenvalue weighted by Gasteiger charge is 2.39. The summed E-state index contributed by atoms with van der Waals surface area (Å²) >= 11 is 0. The third kappa shape index (κ3) is 3.70. The van der Waals surface area contributed by atoms with Crippen LogP contribution in [0.25, 0.3) is 0 Å². The Morgan fingerprint density at radius 1 is 1.25 bits per heavy atom. The normalized spacial score (nSPS) is 27.5.